The number of benzene rings is 3. The number of imide groups is 1. The minimum absolute atomic E-state index is 0.144. The molecule has 35 heavy (non-hydrogen) atoms. The molecular weight excluding hydrogens is 440 g/mol. The van der Waals surface area contributed by atoms with Crippen molar-refractivity contribution >= 4 is 17.7 Å². The maximum absolute atomic E-state index is 13.0. The van der Waals surface area contributed by atoms with Crippen molar-refractivity contribution in [2.45, 2.75) is 26.0 Å². The Morgan fingerprint density at radius 2 is 1.63 bits per heavy atom. The summed E-state index contributed by atoms with van der Waals surface area (Å²) in [5.41, 5.74) is 7.30. The molecule has 1 N–H and O–H groups in total. The summed E-state index contributed by atoms with van der Waals surface area (Å²) in [6.07, 6.45) is 5.02. The van der Waals surface area contributed by atoms with Gasteiger partial charge in [0.1, 0.15) is 0 Å². The Morgan fingerprint density at radius 3 is 2.37 bits per heavy atom. The molecule has 0 saturated heterocycles. The first-order chi connectivity index (χ1) is 17.1. The molecule has 0 atom stereocenters. The molecule has 0 aromatic heterocycles. The minimum atomic E-state index is -0.373. The van der Waals surface area contributed by atoms with Crippen molar-refractivity contribution in [1.82, 2.24) is 10.4 Å². The second-order valence-corrected chi connectivity index (χ2v) is 8.48. The molecule has 1 aliphatic heterocycles. The highest BCUT2D eigenvalue weighted by Crippen LogP contribution is 2.31. The monoisotopic (exact) mass is 464 g/mol. The maximum atomic E-state index is 13.0. The zero-order chi connectivity index (χ0) is 24.2. The molecule has 0 spiro atoms. The molecule has 0 fully saturated rings. The molecule has 3 aromatic rings. The van der Waals surface area contributed by atoms with Crippen molar-refractivity contribution < 1.29 is 19.2 Å². The van der Waals surface area contributed by atoms with Crippen molar-refractivity contribution in [1.29, 1.82) is 0 Å². The van der Waals surface area contributed by atoms with Gasteiger partial charge in [0.25, 0.3) is 17.7 Å². The van der Waals surface area contributed by atoms with Crippen LogP contribution in [0, 0.1) is 0 Å². The Hall–Kier alpha value is -4.29. The summed E-state index contributed by atoms with van der Waals surface area (Å²) in [6.45, 7) is 0.390. The second kappa shape index (κ2) is 9.91. The van der Waals surface area contributed by atoms with Crippen molar-refractivity contribution in [2.24, 2.45) is 0 Å². The summed E-state index contributed by atoms with van der Waals surface area (Å²) < 4.78 is 0. The lowest BCUT2D eigenvalue weighted by Crippen LogP contribution is -2.31. The SMILES string of the molecule is O=C(NOCc1ccccc1)c1ccc(CN2C(=O)C3=C(CCC=C3)C2=O)cc1-c1ccccc1. The topological polar surface area (TPSA) is 75.7 Å². The van der Waals surface area contributed by atoms with Gasteiger partial charge >= 0.3 is 0 Å². The normalized spacial score (nSPS) is 14.9. The van der Waals surface area contributed by atoms with E-state index in [0.29, 0.717) is 28.7 Å². The molecule has 3 aromatic carbocycles. The van der Waals surface area contributed by atoms with Crippen LogP contribution in [0.2, 0.25) is 0 Å². The number of rotatable bonds is 7. The summed E-state index contributed by atoms with van der Waals surface area (Å²) >= 11 is 0. The number of carbonyl (C=O) groups is 3. The predicted molar refractivity (Wildman–Crippen MR) is 132 cm³/mol. The van der Waals surface area contributed by atoms with Gasteiger partial charge in [-0.15, -0.1) is 0 Å². The van der Waals surface area contributed by atoms with Crippen LogP contribution < -0.4 is 5.48 Å². The van der Waals surface area contributed by atoms with E-state index in [-0.39, 0.29) is 30.9 Å². The molecular formula is C29H24N2O4. The van der Waals surface area contributed by atoms with Crippen LogP contribution in [0.5, 0.6) is 0 Å². The van der Waals surface area contributed by atoms with Crippen LogP contribution in [0.4, 0.5) is 0 Å². The Bertz CT molecular complexity index is 1340. The first-order valence-corrected chi connectivity index (χ1v) is 11.5. The molecule has 174 valence electrons. The number of carbonyl (C=O) groups excluding carboxylic acids is 3. The number of nitrogens with one attached hydrogen (secondary N) is 1. The Balaban J connectivity index is 1.37. The van der Waals surface area contributed by atoms with Crippen LogP contribution in [0.1, 0.15) is 34.3 Å². The first kappa shape index (κ1) is 22.5. The van der Waals surface area contributed by atoms with Crippen molar-refractivity contribution in [3.63, 3.8) is 0 Å². The van der Waals surface area contributed by atoms with Crippen LogP contribution in [0.25, 0.3) is 11.1 Å². The molecule has 0 bridgehead atoms. The molecule has 3 amide bonds. The molecule has 6 nitrogen and oxygen atoms in total. The van der Waals surface area contributed by atoms with E-state index in [0.717, 1.165) is 23.1 Å². The number of hydrogen-bond donors (Lipinski definition) is 1. The lowest BCUT2D eigenvalue weighted by molar-refractivity contribution is -0.138. The Labute approximate surface area is 203 Å². The average Bonchev–Trinajstić information content (AvgIpc) is 3.14. The van der Waals surface area contributed by atoms with Crippen molar-refractivity contribution in [2.75, 3.05) is 0 Å². The molecule has 0 unspecified atom stereocenters. The van der Waals surface area contributed by atoms with E-state index in [9.17, 15) is 14.4 Å². The lowest BCUT2D eigenvalue weighted by atomic mass is 9.96. The maximum Gasteiger partial charge on any atom is 0.275 e. The highest BCUT2D eigenvalue weighted by Gasteiger charge is 2.37. The molecule has 1 heterocycles. The van der Waals surface area contributed by atoms with Gasteiger partial charge in [-0.1, -0.05) is 78.9 Å². The number of amides is 3. The summed E-state index contributed by atoms with van der Waals surface area (Å²) in [5.74, 6) is -0.869. The molecule has 0 saturated carbocycles. The van der Waals surface area contributed by atoms with Crippen molar-refractivity contribution in [3.05, 3.63) is 119 Å². The van der Waals surface area contributed by atoms with Gasteiger partial charge in [0.05, 0.1) is 13.2 Å². The smallest absolute Gasteiger partial charge is 0.270 e. The highest BCUT2D eigenvalue weighted by molar-refractivity contribution is 6.20. The van der Waals surface area contributed by atoms with E-state index in [4.69, 9.17) is 4.84 Å². The summed E-state index contributed by atoms with van der Waals surface area (Å²) in [7, 11) is 0. The highest BCUT2D eigenvalue weighted by atomic mass is 16.6. The van der Waals surface area contributed by atoms with Crippen molar-refractivity contribution in [3.8, 4) is 11.1 Å². The molecule has 2 aliphatic rings. The number of allylic oxidation sites excluding steroid dienone is 1. The Kier molecular flexibility index (Phi) is 6.37. The van der Waals surface area contributed by atoms with Gasteiger partial charge in [0, 0.05) is 16.7 Å². The predicted octanol–water partition coefficient (Wildman–Crippen LogP) is 4.73. The van der Waals surface area contributed by atoms with E-state index >= 15 is 0 Å². The van der Waals surface area contributed by atoms with Gasteiger partial charge in [0.15, 0.2) is 0 Å². The molecule has 6 heteroatoms. The van der Waals surface area contributed by atoms with Crippen LogP contribution in [0.3, 0.4) is 0 Å². The third-order valence-electron chi connectivity index (χ3n) is 6.15. The van der Waals surface area contributed by atoms with Crippen LogP contribution >= 0.6 is 0 Å². The van der Waals surface area contributed by atoms with E-state index < -0.39 is 0 Å². The third-order valence-corrected chi connectivity index (χ3v) is 6.15. The van der Waals surface area contributed by atoms with E-state index in [2.05, 4.69) is 5.48 Å². The molecule has 1 aliphatic carbocycles. The fourth-order valence-corrected chi connectivity index (χ4v) is 4.37. The van der Waals surface area contributed by atoms with Crippen LogP contribution in [0.15, 0.2) is 102 Å². The summed E-state index contributed by atoms with van der Waals surface area (Å²) in [4.78, 5) is 45.4. The van der Waals surface area contributed by atoms with Gasteiger partial charge in [0.2, 0.25) is 0 Å². The third kappa shape index (κ3) is 4.69. The summed E-state index contributed by atoms with van der Waals surface area (Å²) in [6, 6.07) is 24.4. The average molecular weight is 465 g/mol. The molecule has 5 rings (SSSR count). The zero-order valence-electron chi connectivity index (χ0n) is 19.1. The molecule has 0 radical (unpaired) electrons. The Morgan fingerprint density at radius 1 is 0.886 bits per heavy atom. The fourth-order valence-electron chi connectivity index (χ4n) is 4.37. The van der Waals surface area contributed by atoms with Gasteiger partial charge in [-0.25, -0.2) is 5.48 Å². The minimum Gasteiger partial charge on any atom is -0.270 e. The van der Waals surface area contributed by atoms with Gasteiger partial charge in [-0.2, -0.15) is 0 Å². The van der Waals surface area contributed by atoms with E-state index in [1.165, 1.54) is 4.90 Å². The summed E-state index contributed by atoms with van der Waals surface area (Å²) in [5, 5.41) is 0. The van der Waals surface area contributed by atoms with Crippen LogP contribution in [-0.2, 0) is 27.6 Å². The quantitative estimate of drug-likeness (QED) is 0.405. The largest absolute Gasteiger partial charge is 0.275 e. The standard InChI is InChI=1S/C29H24N2O4/c32-27(30-35-19-20-9-3-1-4-10-20)23-16-15-21(17-26(23)22-11-5-2-6-12-22)18-31-28(33)24-13-7-8-14-25(24)29(31)34/h1-7,9-13,15-17H,8,14,18-19H2,(H,30,32). The number of hydrogen-bond acceptors (Lipinski definition) is 4. The van der Waals surface area contributed by atoms with Gasteiger partial charge in [-0.3, -0.25) is 24.1 Å². The van der Waals surface area contributed by atoms with Gasteiger partial charge < -0.3 is 0 Å². The van der Waals surface area contributed by atoms with E-state index in [1.54, 1.807) is 18.2 Å². The number of hydroxylamine groups is 1. The number of nitrogens with zero attached hydrogens (tertiary/aromatic N) is 1. The fraction of sp³-hybridized carbons (Fsp3) is 0.138. The van der Waals surface area contributed by atoms with Gasteiger partial charge in [-0.05, 0) is 47.2 Å². The second-order valence-electron chi connectivity index (χ2n) is 8.48. The zero-order valence-corrected chi connectivity index (χ0v) is 19.1. The van der Waals surface area contributed by atoms with Crippen LogP contribution in [-0.4, -0.2) is 22.6 Å². The lowest BCUT2D eigenvalue weighted by Gasteiger charge is -2.17. The van der Waals surface area contributed by atoms with E-state index in [1.807, 2.05) is 72.8 Å². The first-order valence-electron chi connectivity index (χ1n) is 11.5.